The van der Waals surface area contributed by atoms with Gasteiger partial charge in [-0.2, -0.15) is 0 Å². The molecular formula is C32H34ClFN4O2. The van der Waals surface area contributed by atoms with E-state index < -0.39 is 5.82 Å². The number of pyridine rings is 1. The highest BCUT2D eigenvalue weighted by Crippen LogP contribution is 2.43. The van der Waals surface area contributed by atoms with Gasteiger partial charge in [-0.25, -0.2) is 4.39 Å². The van der Waals surface area contributed by atoms with Crippen molar-refractivity contribution >= 4 is 29.1 Å². The fraction of sp³-hybridized carbons (Fsp3) is 0.406. The summed E-state index contributed by atoms with van der Waals surface area (Å²) in [6.07, 6.45) is 9.63. The zero-order chi connectivity index (χ0) is 27.9. The summed E-state index contributed by atoms with van der Waals surface area (Å²) < 4.78 is 13.8. The molecule has 0 radical (unpaired) electrons. The Bertz CT molecular complexity index is 1410. The lowest BCUT2D eigenvalue weighted by Crippen LogP contribution is -2.48. The molecule has 1 spiro atoms. The van der Waals surface area contributed by atoms with Gasteiger partial charge in [0.15, 0.2) is 0 Å². The molecule has 6 rings (SSSR count). The Kier molecular flexibility index (Phi) is 7.26. The van der Waals surface area contributed by atoms with Crippen molar-refractivity contribution in [2.45, 2.75) is 44.6 Å². The minimum absolute atomic E-state index is 0.0553. The van der Waals surface area contributed by atoms with Gasteiger partial charge in [0.1, 0.15) is 5.82 Å². The number of nitrogens with zero attached hydrogens (tertiary/aromatic N) is 4. The fourth-order valence-electron chi connectivity index (χ4n) is 6.77. The standard InChI is InChI=1S/C32H34ClFN4O2/c1-36(31(40)27-21-24(34)5-6-28(27)33)29-7-4-22-2-3-23(20-26(22)29)30(39)38-18-12-32(13-19-38)10-16-37(17-11-32)25-8-14-35-15-9-25/h2-3,5-6,8-9,14-15,20-21,29H,4,7,10-13,16-19H2,1H3. The van der Waals surface area contributed by atoms with Crippen molar-refractivity contribution < 1.29 is 14.0 Å². The molecule has 2 saturated heterocycles. The summed E-state index contributed by atoms with van der Waals surface area (Å²) in [5.74, 6) is -0.765. The summed E-state index contributed by atoms with van der Waals surface area (Å²) in [6, 6.07) is 13.7. The first-order chi connectivity index (χ1) is 19.3. The van der Waals surface area contributed by atoms with Crippen LogP contribution >= 0.6 is 11.6 Å². The maximum atomic E-state index is 13.8. The van der Waals surface area contributed by atoms with Gasteiger partial charge in [-0.15, -0.1) is 0 Å². The highest BCUT2D eigenvalue weighted by atomic mass is 35.5. The number of aryl methyl sites for hydroxylation is 1. The normalized spacial score (nSPS) is 19.9. The summed E-state index contributed by atoms with van der Waals surface area (Å²) in [5, 5.41) is 0.228. The third kappa shape index (κ3) is 5.07. The average molecular weight is 561 g/mol. The lowest BCUT2D eigenvalue weighted by Gasteiger charge is -2.47. The number of benzene rings is 2. The van der Waals surface area contributed by atoms with Crippen LogP contribution in [0.2, 0.25) is 5.02 Å². The van der Waals surface area contributed by atoms with E-state index in [4.69, 9.17) is 11.6 Å². The number of fused-ring (bicyclic) bond motifs is 1. The number of hydrogen-bond donors (Lipinski definition) is 0. The second-order valence-electron chi connectivity index (χ2n) is 11.5. The Morgan fingerprint density at radius 1 is 0.975 bits per heavy atom. The van der Waals surface area contributed by atoms with E-state index in [0.717, 1.165) is 75.8 Å². The highest BCUT2D eigenvalue weighted by Gasteiger charge is 2.39. The predicted octanol–water partition coefficient (Wildman–Crippen LogP) is 6.16. The Morgan fingerprint density at radius 2 is 1.68 bits per heavy atom. The first-order valence-corrected chi connectivity index (χ1v) is 14.5. The van der Waals surface area contributed by atoms with Crippen LogP contribution in [-0.2, 0) is 6.42 Å². The molecule has 40 heavy (non-hydrogen) atoms. The molecule has 0 N–H and O–H groups in total. The van der Waals surface area contributed by atoms with Gasteiger partial charge in [0, 0.05) is 56.9 Å². The van der Waals surface area contributed by atoms with Gasteiger partial charge in [0.25, 0.3) is 11.8 Å². The number of amides is 2. The third-order valence-corrected chi connectivity index (χ3v) is 9.68. The highest BCUT2D eigenvalue weighted by molar-refractivity contribution is 6.33. The van der Waals surface area contributed by atoms with E-state index in [-0.39, 0.29) is 28.4 Å². The lowest BCUT2D eigenvalue weighted by atomic mass is 9.71. The van der Waals surface area contributed by atoms with Crippen molar-refractivity contribution in [3.05, 3.63) is 94.0 Å². The quantitative estimate of drug-likeness (QED) is 0.384. The number of carbonyl (C=O) groups excluding carboxylic acids is 2. The molecule has 2 aromatic carbocycles. The fourth-order valence-corrected chi connectivity index (χ4v) is 6.97. The van der Waals surface area contributed by atoms with Gasteiger partial charge in [-0.1, -0.05) is 17.7 Å². The largest absolute Gasteiger partial charge is 0.371 e. The molecule has 2 fully saturated rings. The summed E-state index contributed by atoms with van der Waals surface area (Å²) >= 11 is 6.22. The molecule has 3 aromatic rings. The summed E-state index contributed by atoms with van der Waals surface area (Å²) in [7, 11) is 1.72. The molecule has 0 saturated carbocycles. The molecule has 1 aromatic heterocycles. The van der Waals surface area contributed by atoms with Gasteiger partial charge < -0.3 is 14.7 Å². The molecule has 3 aliphatic rings. The molecule has 3 heterocycles. The van der Waals surface area contributed by atoms with Gasteiger partial charge in [0.05, 0.1) is 16.6 Å². The van der Waals surface area contributed by atoms with E-state index in [1.807, 2.05) is 35.5 Å². The van der Waals surface area contributed by atoms with Crippen LogP contribution in [0.1, 0.15) is 70.0 Å². The molecule has 8 heteroatoms. The second-order valence-corrected chi connectivity index (χ2v) is 11.9. The van der Waals surface area contributed by atoms with Crippen LogP contribution in [0.3, 0.4) is 0 Å². The van der Waals surface area contributed by atoms with Crippen LogP contribution in [-0.4, -0.2) is 59.8 Å². The Morgan fingerprint density at radius 3 is 2.40 bits per heavy atom. The van der Waals surface area contributed by atoms with E-state index in [2.05, 4.69) is 22.0 Å². The number of piperidine rings is 2. The van der Waals surface area contributed by atoms with E-state index >= 15 is 0 Å². The third-order valence-electron chi connectivity index (χ3n) is 9.35. The van der Waals surface area contributed by atoms with Crippen LogP contribution in [0.15, 0.2) is 60.9 Å². The summed E-state index contributed by atoms with van der Waals surface area (Å²) in [6.45, 7) is 3.62. The van der Waals surface area contributed by atoms with Crippen molar-refractivity contribution in [1.82, 2.24) is 14.8 Å². The summed E-state index contributed by atoms with van der Waals surface area (Å²) in [4.78, 5) is 37.0. The second kappa shape index (κ2) is 10.8. The number of carbonyl (C=O) groups is 2. The van der Waals surface area contributed by atoms with Crippen LogP contribution in [0.4, 0.5) is 10.1 Å². The van der Waals surface area contributed by atoms with Crippen LogP contribution in [0.25, 0.3) is 0 Å². The van der Waals surface area contributed by atoms with E-state index in [1.165, 1.54) is 23.9 Å². The Hall–Kier alpha value is -3.45. The predicted molar refractivity (Wildman–Crippen MR) is 154 cm³/mol. The van der Waals surface area contributed by atoms with Crippen molar-refractivity contribution in [2.75, 3.05) is 38.1 Å². The molecule has 0 bridgehead atoms. The van der Waals surface area contributed by atoms with Crippen molar-refractivity contribution in [1.29, 1.82) is 0 Å². The summed E-state index contributed by atoms with van der Waals surface area (Å²) in [5.41, 5.74) is 4.50. The minimum Gasteiger partial charge on any atom is -0.371 e. The zero-order valence-electron chi connectivity index (χ0n) is 22.8. The molecule has 2 aliphatic heterocycles. The van der Waals surface area contributed by atoms with Crippen molar-refractivity contribution in [2.24, 2.45) is 5.41 Å². The maximum Gasteiger partial charge on any atom is 0.255 e. The van der Waals surface area contributed by atoms with Crippen molar-refractivity contribution in [3.63, 3.8) is 0 Å². The van der Waals surface area contributed by atoms with Gasteiger partial charge in [-0.05, 0) is 97.5 Å². The van der Waals surface area contributed by atoms with Gasteiger partial charge in [-0.3, -0.25) is 14.6 Å². The van der Waals surface area contributed by atoms with E-state index in [1.54, 1.807) is 11.9 Å². The molecule has 2 amide bonds. The molecule has 1 unspecified atom stereocenters. The molecule has 1 atom stereocenters. The SMILES string of the molecule is CN(C(=O)c1cc(F)ccc1Cl)C1CCc2ccc(C(=O)N3CCC4(CC3)CCN(c3ccncc3)CC4)cc21. The molecule has 208 valence electrons. The minimum atomic E-state index is -0.497. The molecule has 1 aliphatic carbocycles. The smallest absolute Gasteiger partial charge is 0.255 e. The number of hydrogen-bond acceptors (Lipinski definition) is 4. The van der Waals surface area contributed by atoms with Crippen LogP contribution in [0, 0.1) is 11.2 Å². The number of rotatable bonds is 4. The monoisotopic (exact) mass is 560 g/mol. The van der Waals surface area contributed by atoms with Crippen molar-refractivity contribution in [3.8, 4) is 0 Å². The zero-order valence-corrected chi connectivity index (χ0v) is 23.5. The Labute approximate surface area is 239 Å². The first kappa shape index (κ1) is 26.8. The number of likely N-dealkylation sites (tertiary alicyclic amines) is 1. The maximum absolute atomic E-state index is 13.8. The van der Waals surface area contributed by atoms with Crippen LogP contribution in [0.5, 0.6) is 0 Å². The van der Waals surface area contributed by atoms with E-state index in [9.17, 15) is 14.0 Å². The molecule has 6 nitrogen and oxygen atoms in total. The first-order valence-electron chi connectivity index (χ1n) is 14.1. The van der Waals surface area contributed by atoms with Gasteiger partial charge >= 0.3 is 0 Å². The van der Waals surface area contributed by atoms with E-state index in [0.29, 0.717) is 11.0 Å². The molecular weight excluding hydrogens is 527 g/mol. The number of aromatic nitrogens is 1. The lowest BCUT2D eigenvalue weighted by molar-refractivity contribution is 0.0515. The van der Waals surface area contributed by atoms with Crippen LogP contribution < -0.4 is 4.90 Å². The topological polar surface area (TPSA) is 56.8 Å². The average Bonchev–Trinajstić information content (AvgIpc) is 3.42. The number of halogens is 2. The van der Waals surface area contributed by atoms with Gasteiger partial charge in [0.2, 0.25) is 0 Å². The number of anilines is 1. The Balaban J connectivity index is 1.11.